The lowest BCUT2D eigenvalue weighted by molar-refractivity contribution is -0.139. The molecule has 1 aromatic rings. The van der Waals surface area contributed by atoms with Crippen LogP contribution in [0.25, 0.3) is 0 Å². The summed E-state index contributed by atoms with van der Waals surface area (Å²) < 4.78 is 17.7. The number of carbonyl (C=O) groups excluding carboxylic acids is 1. The summed E-state index contributed by atoms with van der Waals surface area (Å²) in [7, 11) is 1.29. The molecule has 0 unspecified atom stereocenters. The van der Waals surface area contributed by atoms with E-state index in [2.05, 4.69) is 20.7 Å². The van der Waals surface area contributed by atoms with Gasteiger partial charge in [-0.15, -0.1) is 0 Å². The first-order valence-electron chi connectivity index (χ1n) is 3.75. The van der Waals surface area contributed by atoms with E-state index < -0.39 is 5.82 Å². The first-order chi connectivity index (χ1) is 6.54. The summed E-state index contributed by atoms with van der Waals surface area (Å²) in [6.07, 6.45) is 0.0785. The highest BCUT2D eigenvalue weighted by Gasteiger charge is 2.09. The van der Waals surface area contributed by atoms with Crippen LogP contribution >= 0.6 is 27.5 Å². The fourth-order valence-corrected chi connectivity index (χ4v) is 1.81. The summed E-state index contributed by atoms with van der Waals surface area (Å²) in [4.78, 5) is 10.9. The molecule has 1 aromatic carbocycles. The molecule has 0 saturated carbocycles. The molecule has 76 valence electrons. The lowest BCUT2D eigenvalue weighted by Crippen LogP contribution is -2.04. The average Bonchev–Trinajstić information content (AvgIpc) is 2.14. The molecule has 1 rings (SSSR count). The summed E-state index contributed by atoms with van der Waals surface area (Å²) >= 11 is 8.59. The summed E-state index contributed by atoms with van der Waals surface area (Å²) in [6.45, 7) is 0. The normalized spacial score (nSPS) is 10.0. The van der Waals surface area contributed by atoms with Crippen molar-refractivity contribution in [3.63, 3.8) is 0 Å². The van der Waals surface area contributed by atoms with Gasteiger partial charge in [-0.05, 0) is 33.6 Å². The highest BCUT2D eigenvalue weighted by molar-refractivity contribution is 9.10. The summed E-state index contributed by atoms with van der Waals surface area (Å²) in [6, 6.07) is 2.90. The maximum Gasteiger partial charge on any atom is 0.309 e. The highest BCUT2D eigenvalue weighted by Crippen LogP contribution is 2.25. The van der Waals surface area contributed by atoms with E-state index in [1.807, 2.05) is 0 Å². The van der Waals surface area contributed by atoms with Crippen LogP contribution in [0.15, 0.2) is 16.6 Å². The van der Waals surface area contributed by atoms with Gasteiger partial charge < -0.3 is 4.74 Å². The number of halogens is 3. The van der Waals surface area contributed by atoms with E-state index in [0.29, 0.717) is 5.56 Å². The van der Waals surface area contributed by atoms with Gasteiger partial charge in [0.05, 0.1) is 23.0 Å². The molecule has 2 nitrogen and oxygen atoms in total. The molecule has 5 heteroatoms. The van der Waals surface area contributed by atoms with Crippen molar-refractivity contribution < 1.29 is 13.9 Å². The predicted octanol–water partition coefficient (Wildman–Crippen LogP) is 2.96. The van der Waals surface area contributed by atoms with Crippen molar-refractivity contribution in [1.82, 2.24) is 0 Å². The maximum atomic E-state index is 13.0. The second-order valence-corrected chi connectivity index (χ2v) is 3.89. The van der Waals surface area contributed by atoms with E-state index in [0.717, 1.165) is 0 Å². The van der Waals surface area contributed by atoms with Gasteiger partial charge in [0, 0.05) is 0 Å². The maximum absolute atomic E-state index is 13.0. The van der Waals surface area contributed by atoms with Crippen molar-refractivity contribution in [1.29, 1.82) is 0 Å². The molecule has 0 heterocycles. The lowest BCUT2D eigenvalue weighted by Gasteiger charge is -2.03. The summed E-state index contributed by atoms with van der Waals surface area (Å²) in [5, 5.41) is -0.0155. The van der Waals surface area contributed by atoms with E-state index in [4.69, 9.17) is 11.6 Å². The van der Waals surface area contributed by atoms with Crippen molar-refractivity contribution in [3.8, 4) is 0 Å². The Morgan fingerprint density at radius 3 is 2.79 bits per heavy atom. The molecular weight excluding hydrogens is 274 g/mol. The SMILES string of the molecule is COC(=O)Cc1cc(Cl)c(F)c(Br)c1. The van der Waals surface area contributed by atoms with Gasteiger partial charge in [0.2, 0.25) is 0 Å². The molecule has 0 radical (unpaired) electrons. The van der Waals surface area contributed by atoms with Crippen LogP contribution in [-0.2, 0) is 16.0 Å². The Balaban J connectivity index is 2.95. The number of methoxy groups -OCH3 is 1. The second kappa shape index (κ2) is 4.75. The van der Waals surface area contributed by atoms with Crippen molar-refractivity contribution in [2.75, 3.05) is 7.11 Å². The fraction of sp³-hybridized carbons (Fsp3) is 0.222. The Labute approximate surface area is 94.1 Å². The second-order valence-electron chi connectivity index (χ2n) is 2.63. The van der Waals surface area contributed by atoms with Crippen LogP contribution in [0.4, 0.5) is 4.39 Å². The van der Waals surface area contributed by atoms with E-state index in [-0.39, 0.29) is 21.9 Å². The summed E-state index contributed by atoms with van der Waals surface area (Å²) in [5.74, 6) is -0.917. The monoisotopic (exact) mass is 280 g/mol. The van der Waals surface area contributed by atoms with Gasteiger partial charge in [0.15, 0.2) is 5.82 Å². The number of rotatable bonds is 2. The molecule has 0 spiro atoms. The van der Waals surface area contributed by atoms with Gasteiger partial charge in [-0.25, -0.2) is 4.39 Å². The Morgan fingerprint density at radius 1 is 1.64 bits per heavy atom. The molecule has 0 saturated heterocycles. The number of benzene rings is 1. The highest BCUT2D eigenvalue weighted by atomic mass is 79.9. The van der Waals surface area contributed by atoms with Crippen LogP contribution in [0, 0.1) is 5.82 Å². The van der Waals surface area contributed by atoms with Crippen molar-refractivity contribution >= 4 is 33.5 Å². The standard InChI is InChI=1S/C9H7BrClFO2/c1-14-8(13)4-5-2-6(10)9(12)7(11)3-5/h2-3H,4H2,1H3. The lowest BCUT2D eigenvalue weighted by atomic mass is 10.1. The molecule has 0 aliphatic heterocycles. The Morgan fingerprint density at radius 2 is 2.29 bits per heavy atom. The Bertz CT molecular complexity index is 345. The average molecular weight is 282 g/mol. The smallest absolute Gasteiger partial charge is 0.309 e. The molecule has 0 aromatic heterocycles. The van der Waals surface area contributed by atoms with Gasteiger partial charge >= 0.3 is 5.97 Å². The molecular formula is C9H7BrClFO2. The van der Waals surface area contributed by atoms with Gasteiger partial charge in [-0.1, -0.05) is 11.6 Å². The largest absolute Gasteiger partial charge is 0.469 e. The minimum atomic E-state index is -0.528. The van der Waals surface area contributed by atoms with Crippen LogP contribution in [0.3, 0.4) is 0 Å². The Hall–Kier alpha value is -0.610. The number of carbonyl (C=O) groups is 1. The van der Waals surface area contributed by atoms with Crippen LogP contribution < -0.4 is 0 Å². The molecule has 14 heavy (non-hydrogen) atoms. The molecule has 0 N–H and O–H groups in total. The molecule has 0 bridgehead atoms. The number of ether oxygens (including phenoxy) is 1. The number of hydrogen-bond donors (Lipinski definition) is 0. The van der Waals surface area contributed by atoms with E-state index in [1.165, 1.54) is 19.2 Å². The van der Waals surface area contributed by atoms with Crippen molar-refractivity contribution in [2.45, 2.75) is 6.42 Å². The summed E-state index contributed by atoms with van der Waals surface area (Å²) in [5.41, 5.74) is 0.607. The Kier molecular flexibility index (Phi) is 3.89. The number of hydrogen-bond acceptors (Lipinski definition) is 2. The van der Waals surface area contributed by atoms with E-state index >= 15 is 0 Å². The molecule has 0 aliphatic carbocycles. The molecule has 0 aliphatic rings. The van der Waals surface area contributed by atoms with Gasteiger partial charge in [0.25, 0.3) is 0 Å². The zero-order valence-corrected chi connectivity index (χ0v) is 9.65. The minimum Gasteiger partial charge on any atom is -0.469 e. The van der Waals surface area contributed by atoms with Crippen LogP contribution in [0.1, 0.15) is 5.56 Å². The first-order valence-corrected chi connectivity index (χ1v) is 4.92. The van der Waals surface area contributed by atoms with E-state index in [1.54, 1.807) is 0 Å². The number of esters is 1. The van der Waals surface area contributed by atoms with Crippen molar-refractivity contribution in [2.24, 2.45) is 0 Å². The van der Waals surface area contributed by atoms with Crippen LogP contribution in [0.5, 0.6) is 0 Å². The third-order valence-electron chi connectivity index (χ3n) is 1.62. The van der Waals surface area contributed by atoms with Crippen LogP contribution in [0.2, 0.25) is 5.02 Å². The van der Waals surface area contributed by atoms with Gasteiger partial charge in [-0.2, -0.15) is 0 Å². The van der Waals surface area contributed by atoms with Crippen LogP contribution in [-0.4, -0.2) is 13.1 Å². The van der Waals surface area contributed by atoms with Gasteiger partial charge in [-0.3, -0.25) is 4.79 Å². The minimum absolute atomic E-state index is 0.0155. The quantitative estimate of drug-likeness (QED) is 0.615. The third kappa shape index (κ3) is 2.69. The fourth-order valence-electron chi connectivity index (χ4n) is 0.949. The first kappa shape index (κ1) is 11.5. The van der Waals surface area contributed by atoms with E-state index in [9.17, 15) is 9.18 Å². The zero-order chi connectivity index (χ0) is 10.7. The molecule has 0 atom stereocenters. The van der Waals surface area contributed by atoms with Crippen molar-refractivity contribution in [3.05, 3.63) is 33.0 Å². The van der Waals surface area contributed by atoms with Gasteiger partial charge in [0.1, 0.15) is 0 Å². The topological polar surface area (TPSA) is 26.3 Å². The third-order valence-corrected chi connectivity index (χ3v) is 2.47. The molecule has 0 fully saturated rings. The zero-order valence-electron chi connectivity index (χ0n) is 7.31. The molecule has 0 amide bonds. The predicted molar refractivity (Wildman–Crippen MR) is 54.8 cm³/mol.